The van der Waals surface area contributed by atoms with Gasteiger partial charge in [-0.2, -0.15) is 0 Å². The third-order valence-electron chi connectivity index (χ3n) is 4.92. The highest BCUT2D eigenvalue weighted by Crippen LogP contribution is 2.27. The molecule has 1 atom stereocenters. The van der Waals surface area contributed by atoms with Gasteiger partial charge in [-0.25, -0.2) is 13.1 Å². The molecule has 0 radical (unpaired) electrons. The summed E-state index contributed by atoms with van der Waals surface area (Å²) >= 11 is 11.9. The summed E-state index contributed by atoms with van der Waals surface area (Å²) in [7, 11) is -1.88. The Balaban J connectivity index is 1.71. The van der Waals surface area contributed by atoms with Gasteiger partial charge in [0.2, 0.25) is 10.0 Å². The standard InChI is InChI=1S/C20H24Cl2N2O3S/c1-27-17-7-5-16(6-8-17)20(24-10-2-3-11-24)13-23-28(25,26)14-15-4-9-18(21)19(22)12-15/h4-9,12,20,23H,2-3,10-11,13-14H2,1H3. The van der Waals surface area contributed by atoms with Crippen molar-refractivity contribution in [2.75, 3.05) is 26.7 Å². The number of halogens is 2. The van der Waals surface area contributed by atoms with Gasteiger partial charge in [-0.05, 0) is 61.3 Å². The summed E-state index contributed by atoms with van der Waals surface area (Å²) in [4.78, 5) is 2.32. The number of sulfonamides is 1. The lowest BCUT2D eigenvalue weighted by Crippen LogP contribution is -2.37. The molecular weight excluding hydrogens is 419 g/mol. The second-order valence-electron chi connectivity index (χ2n) is 6.89. The Hall–Kier alpha value is -1.31. The van der Waals surface area contributed by atoms with E-state index < -0.39 is 10.0 Å². The highest BCUT2D eigenvalue weighted by atomic mass is 35.5. The molecule has 1 aliphatic rings. The maximum absolute atomic E-state index is 12.6. The van der Waals surface area contributed by atoms with E-state index in [9.17, 15) is 8.42 Å². The maximum Gasteiger partial charge on any atom is 0.215 e. The van der Waals surface area contributed by atoms with Crippen molar-refractivity contribution in [3.8, 4) is 5.75 Å². The Kier molecular flexibility index (Phi) is 7.23. The molecule has 1 heterocycles. The van der Waals surface area contributed by atoms with Crippen LogP contribution >= 0.6 is 23.2 Å². The molecule has 1 saturated heterocycles. The van der Waals surface area contributed by atoms with Crippen LogP contribution in [0.3, 0.4) is 0 Å². The molecule has 28 heavy (non-hydrogen) atoms. The minimum atomic E-state index is -3.51. The van der Waals surface area contributed by atoms with Crippen LogP contribution in [0.25, 0.3) is 0 Å². The monoisotopic (exact) mass is 442 g/mol. The van der Waals surface area contributed by atoms with Crippen LogP contribution in [0.1, 0.15) is 30.0 Å². The molecule has 1 unspecified atom stereocenters. The van der Waals surface area contributed by atoms with Crippen molar-refractivity contribution >= 4 is 33.2 Å². The Morgan fingerprint density at radius 2 is 1.75 bits per heavy atom. The van der Waals surface area contributed by atoms with E-state index in [4.69, 9.17) is 27.9 Å². The predicted molar refractivity (Wildman–Crippen MR) is 114 cm³/mol. The van der Waals surface area contributed by atoms with Crippen LogP contribution in [0.5, 0.6) is 5.75 Å². The van der Waals surface area contributed by atoms with E-state index >= 15 is 0 Å². The first-order chi connectivity index (χ1) is 13.4. The number of hydrogen-bond acceptors (Lipinski definition) is 4. The third-order valence-corrected chi connectivity index (χ3v) is 6.98. The number of rotatable bonds is 8. The quantitative estimate of drug-likeness (QED) is 0.663. The van der Waals surface area contributed by atoms with Gasteiger partial charge < -0.3 is 4.74 Å². The van der Waals surface area contributed by atoms with E-state index in [-0.39, 0.29) is 11.8 Å². The van der Waals surface area contributed by atoms with E-state index in [1.807, 2.05) is 24.3 Å². The molecule has 2 aromatic rings. The zero-order valence-corrected chi connectivity index (χ0v) is 18.0. The predicted octanol–water partition coefficient (Wildman–Crippen LogP) is 4.26. The average Bonchev–Trinajstić information content (AvgIpc) is 3.19. The Labute approximate surface area is 176 Å². The van der Waals surface area contributed by atoms with Gasteiger partial charge in [0.05, 0.1) is 22.9 Å². The summed E-state index contributed by atoms with van der Waals surface area (Å²) < 4.78 is 33.2. The van der Waals surface area contributed by atoms with Gasteiger partial charge in [-0.1, -0.05) is 41.4 Å². The Morgan fingerprint density at radius 1 is 1.07 bits per heavy atom. The van der Waals surface area contributed by atoms with Crippen molar-refractivity contribution < 1.29 is 13.2 Å². The van der Waals surface area contributed by atoms with Crippen LogP contribution in [0.4, 0.5) is 0 Å². The zero-order valence-electron chi connectivity index (χ0n) is 15.7. The molecule has 1 N–H and O–H groups in total. The lowest BCUT2D eigenvalue weighted by Gasteiger charge is -2.28. The summed E-state index contributed by atoms with van der Waals surface area (Å²) in [6.07, 6.45) is 2.26. The number of ether oxygens (including phenoxy) is 1. The van der Waals surface area contributed by atoms with Crippen molar-refractivity contribution in [3.63, 3.8) is 0 Å². The molecule has 0 aromatic heterocycles. The summed E-state index contributed by atoms with van der Waals surface area (Å²) in [5, 5.41) is 0.756. The lowest BCUT2D eigenvalue weighted by atomic mass is 10.1. The van der Waals surface area contributed by atoms with Crippen LogP contribution in [0.2, 0.25) is 10.0 Å². The van der Waals surface area contributed by atoms with Crippen LogP contribution in [0.15, 0.2) is 42.5 Å². The first-order valence-electron chi connectivity index (χ1n) is 9.17. The molecule has 0 aliphatic carbocycles. The second-order valence-corrected chi connectivity index (χ2v) is 9.51. The minimum Gasteiger partial charge on any atom is -0.497 e. The Morgan fingerprint density at radius 3 is 2.36 bits per heavy atom. The molecular formula is C20H24Cl2N2O3S. The van der Waals surface area contributed by atoms with Gasteiger partial charge in [0, 0.05) is 12.6 Å². The molecule has 0 spiro atoms. The largest absolute Gasteiger partial charge is 0.497 e. The first-order valence-corrected chi connectivity index (χ1v) is 11.6. The van der Waals surface area contributed by atoms with E-state index in [1.54, 1.807) is 25.3 Å². The van der Waals surface area contributed by atoms with Gasteiger partial charge in [-0.3, -0.25) is 4.90 Å². The molecule has 5 nitrogen and oxygen atoms in total. The average molecular weight is 443 g/mol. The van der Waals surface area contributed by atoms with Gasteiger partial charge in [0.1, 0.15) is 5.75 Å². The van der Waals surface area contributed by atoms with E-state index in [2.05, 4.69) is 9.62 Å². The number of likely N-dealkylation sites (tertiary alicyclic amines) is 1. The van der Waals surface area contributed by atoms with E-state index in [0.717, 1.165) is 37.2 Å². The molecule has 2 aromatic carbocycles. The van der Waals surface area contributed by atoms with Crippen molar-refractivity contribution in [1.29, 1.82) is 0 Å². The molecule has 0 saturated carbocycles. The molecule has 8 heteroatoms. The molecule has 0 bridgehead atoms. The fourth-order valence-corrected chi connectivity index (χ4v) is 4.90. The van der Waals surface area contributed by atoms with Gasteiger partial charge in [-0.15, -0.1) is 0 Å². The van der Waals surface area contributed by atoms with Crippen LogP contribution in [-0.2, 0) is 15.8 Å². The maximum atomic E-state index is 12.6. The number of methoxy groups -OCH3 is 1. The summed E-state index contributed by atoms with van der Waals surface area (Å²) in [5.41, 5.74) is 1.67. The van der Waals surface area contributed by atoms with Gasteiger partial charge in [0.15, 0.2) is 0 Å². The highest BCUT2D eigenvalue weighted by Gasteiger charge is 2.25. The molecule has 0 amide bonds. The van der Waals surface area contributed by atoms with Gasteiger partial charge in [0.25, 0.3) is 0 Å². The molecule has 152 valence electrons. The smallest absolute Gasteiger partial charge is 0.215 e. The third kappa shape index (κ3) is 5.61. The zero-order chi connectivity index (χ0) is 20.1. The molecule has 1 fully saturated rings. The number of nitrogens with one attached hydrogen (secondary N) is 1. The summed E-state index contributed by atoms with van der Waals surface area (Å²) in [6, 6.07) is 12.7. The lowest BCUT2D eigenvalue weighted by molar-refractivity contribution is 0.246. The van der Waals surface area contributed by atoms with Crippen molar-refractivity contribution in [1.82, 2.24) is 9.62 Å². The van der Waals surface area contributed by atoms with Crippen LogP contribution in [-0.4, -0.2) is 40.1 Å². The van der Waals surface area contributed by atoms with E-state index in [0.29, 0.717) is 22.2 Å². The van der Waals surface area contributed by atoms with Crippen molar-refractivity contribution in [2.24, 2.45) is 0 Å². The fourth-order valence-electron chi connectivity index (χ4n) is 3.44. The van der Waals surface area contributed by atoms with Crippen molar-refractivity contribution in [2.45, 2.75) is 24.6 Å². The van der Waals surface area contributed by atoms with Crippen molar-refractivity contribution in [3.05, 3.63) is 63.6 Å². The Bertz CT molecular complexity index is 898. The summed E-state index contributed by atoms with van der Waals surface area (Å²) in [5.74, 6) is 0.642. The molecule has 1 aliphatic heterocycles. The topological polar surface area (TPSA) is 58.6 Å². The molecule has 3 rings (SSSR count). The SMILES string of the molecule is COc1ccc(C(CNS(=O)(=O)Cc2ccc(Cl)c(Cl)c2)N2CCCC2)cc1. The normalized spacial score (nSPS) is 16.2. The highest BCUT2D eigenvalue weighted by molar-refractivity contribution is 7.88. The second kappa shape index (κ2) is 9.46. The number of hydrogen-bond donors (Lipinski definition) is 1. The summed E-state index contributed by atoms with van der Waals surface area (Å²) in [6.45, 7) is 2.24. The number of nitrogens with zero attached hydrogens (tertiary/aromatic N) is 1. The van der Waals surface area contributed by atoms with E-state index in [1.165, 1.54) is 0 Å². The number of benzene rings is 2. The van der Waals surface area contributed by atoms with Gasteiger partial charge >= 0.3 is 0 Å². The van der Waals surface area contributed by atoms with Crippen LogP contribution in [0, 0.1) is 0 Å². The van der Waals surface area contributed by atoms with Crippen LogP contribution < -0.4 is 9.46 Å². The fraction of sp³-hybridized carbons (Fsp3) is 0.400. The first kappa shape index (κ1) is 21.4. The minimum absolute atomic E-state index is 0.0167.